The number of hydrogen-bond acceptors (Lipinski definition) is 4. The van der Waals surface area contributed by atoms with Crippen molar-refractivity contribution < 1.29 is 9.72 Å². The molecule has 2 aromatic carbocycles. The van der Waals surface area contributed by atoms with Crippen LogP contribution in [0.3, 0.4) is 0 Å². The highest BCUT2D eigenvalue weighted by molar-refractivity contribution is 5.89. The van der Waals surface area contributed by atoms with E-state index in [9.17, 15) is 14.9 Å². The number of carbonyl (C=O) groups excluding carboxylic acids is 1. The van der Waals surface area contributed by atoms with E-state index in [1.54, 1.807) is 36.4 Å². The maximum absolute atomic E-state index is 11.0. The molecular weight excluding hydrogens is 270 g/mol. The molecule has 21 heavy (non-hydrogen) atoms. The topological polar surface area (TPSA) is 84.3 Å². The average Bonchev–Trinajstić information content (AvgIpc) is 2.45. The molecular formula is C15H15N3O3. The van der Waals surface area contributed by atoms with E-state index in [-0.39, 0.29) is 11.6 Å². The molecule has 108 valence electrons. The number of benzene rings is 2. The Morgan fingerprint density at radius 2 is 1.86 bits per heavy atom. The number of nitro groups is 1. The molecule has 0 saturated carbocycles. The molecule has 0 fully saturated rings. The van der Waals surface area contributed by atoms with Crippen LogP contribution in [0.5, 0.6) is 0 Å². The lowest BCUT2D eigenvalue weighted by atomic mass is 10.1. The summed E-state index contributed by atoms with van der Waals surface area (Å²) < 4.78 is 0. The van der Waals surface area contributed by atoms with Gasteiger partial charge in [-0.3, -0.25) is 14.9 Å². The first-order valence-corrected chi connectivity index (χ1v) is 6.40. The van der Waals surface area contributed by atoms with Crippen LogP contribution in [0, 0.1) is 10.1 Å². The number of carbonyl (C=O) groups is 1. The zero-order valence-corrected chi connectivity index (χ0v) is 11.5. The molecule has 0 aliphatic carbocycles. The van der Waals surface area contributed by atoms with Gasteiger partial charge in [-0.2, -0.15) is 0 Å². The minimum Gasteiger partial charge on any atom is -0.381 e. The second-order valence-corrected chi connectivity index (χ2v) is 4.50. The minimum atomic E-state index is -0.398. The van der Waals surface area contributed by atoms with Gasteiger partial charge in [0, 0.05) is 36.5 Å². The third kappa shape index (κ3) is 4.04. The monoisotopic (exact) mass is 285 g/mol. The zero-order valence-electron chi connectivity index (χ0n) is 11.5. The Hall–Kier alpha value is -2.89. The molecule has 0 aliphatic rings. The van der Waals surface area contributed by atoms with Crippen LogP contribution in [0.1, 0.15) is 12.5 Å². The first-order chi connectivity index (χ1) is 10.1. The molecule has 1 amide bonds. The second-order valence-electron chi connectivity index (χ2n) is 4.50. The van der Waals surface area contributed by atoms with E-state index >= 15 is 0 Å². The van der Waals surface area contributed by atoms with Gasteiger partial charge in [0.1, 0.15) is 0 Å². The maximum Gasteiger partial charge on any atom is 0.274 e. The molecule has 2 N–H and O–H groups in total. The van der Waals surface area contributed by atoms with Crippen LogP contribution in [0.4, 0.5) is 17.1 Å². The molecule has 0 unspecified atom stereocenters. The van der Waals surface area contributed by atoms with Gasteiger partial charge in [0.25, 0.3) is 5.69 Å². The van der Waals surface area contributed by atoms with Crippen LogP contribution in [-0.4, -0.2) is 10.8 Å². The first kappa shape index (κ1) is 14.5. The molecule has 0 aromatic heterocycles. The maximum atomic E-state index is 11.0. The first-order valence-electron chi connectivity index (χ1n) is 6.40. The smallest absolute Gasteiger partial charge is 0.274 e. The van der Waals surface area contributed by atoms with Crippen molar-refractivity contribution in [1.82, 2.24) is 0 Å². The van der Waals surface area contributed by atoms with Crippen molar-refractivity contribution in [3.05, 3.63) is 64.2 Å². The van der Waals surface area contributed by atoms with E-state index < -0.39 is 4.92 Å². The number of nitro benzene ring substituents is 1. The molecule has 0 saturated heterocycles. The molecule has 0 bridgehead atoms. The predicted molar refractivity (Wildman–Crippen MR) is 81.2 cm³/mol. The third-order valence-electron chi connectivity index (χ3n) is 2.85. The van der Waals surface area contributed by atoms with E-state index in [1.807, 2.05) is 6.07 Å². The van der Waals surface area contributed by atoms with E-state index in [0.29, 0.717) is 17.8 Å². The summed E-state index contributed by atoms with van der Waals surface area (Å²) >= 11 is 0. The summed E-state index contributed by atoms with van der Waals surface area (Å²) in [5.74, 6) is -0.147. The highest BCUT2D eigenvalue weighted by atomic mass is 16.6. The predicted octanol–water partition coefficient (Wildman–Crippen LogP) is 3.17. The SMILES string of the molecule is CC(=O)Nc1cccc(NCc2ccccc2[N+](=O)[O-])c1. The molecule has 0 spiro atoms. The minimum absolute atomic E-state index is 0.0861. The van der Waals surface area contributed by atoms with Crippen molar-refractivity contribution in [2.45, 2.75) is 13.5 Å². The van der Waals surface area contributed by atoms with Gasteiger partial charge in [0.05, 0.1) is 4.92 Å². The van der Waals surface area contributed by atoms with Gasteiger partial charge in [-0.25, -0.2) is 0 Å². The Morgan fingerprint density at radius 1 is 1.14 bits per heavy atom. The van der Waals surface area contributed by atoms with Gasteiger partial charge in [-0.15, -0.1) is 0 Å². The highest BCUT2D eigenvalue weighted by Gasteiger charge is 2.11. The van der Waals surface area contributed by atoms with Gasteiger partial charge in [-0.05, 0) is 18.2 Å². The van der Waals surface area contributed by atoms with E-state index in [1.165, 1.54) is 13.0 Å². The Bertz CT molecular complexity index is 671. The molecule has 0 radical (unpaired) electrons. The van der Waals surface area contributed by atoms with E-state index in [4.69, 9.17) is 0 Å². The number of rotatable bonds is 5. The summed E-state index contributed by atoms with van der Waals surface area (Å²) in [6.07, 6.45) is 0. The summed E-state index contributed by atoms with van der Waals surface area (Å²) in [7, 11) is 0. The van der Waals surface area contributed by atoms with E-state index in [0.717, 1.165) is 5.69 Å². The second kappa shape index (κ2) is 6.51. The van der Waals surface area contributed by atoms with Crippen LogP contribution in [-0.2, 0) is 11.3 Å². The fourth-order valence-electron chi connectivity index (χ4n) is 1.95. The average molecular weight is 285 g/mol. The Kier molecular flexibility index (Phi) is 4.50. The largest absolute Gasteiger partial charge is 0.381 e. The fourth-order valence-corrected chi connectivity index (χ4v) is 1.95. The third-order valence-corrected chi connectivity index (χ3v) is 2.85. The van der Waals surface area contributed by atoms with Gasteiger partial charge >= 0.3 is 0 Å². The van der Waals surface area contributed by atoms with Gasteiger partial charge in [0.2, 0.25) is 5.91 Å². The number of hydrogen-bond donors (Lipinski definition) is 2. The molecule has 6 heteroatoms. The quantitative estimate of drug-likeness (QED) is 0.652. The molecule has 0 aliphatic heterocycles. The number of anilines is 2. The van der Waals surface area contributed by atoms with Gasteiger partial charge in [0.15, 0.2) is 0 Å². The van der Waals surface area contributed by atoms with E-state index in [2.05, 4.69) is 10.6 Å². The van der Waals surface area contributed by atoms with Crippen molar-refractivity contribution in [3.8, 4) is 0 Å². The lowest BCUT2D eigenvalue weighted by Crippen LogP contribution is -2.07. The van der Waals surface area contributed by atoms with Crippen LogP contribution in [0.25, 0.3) is 0 Å². The number of amides is 1. The normalized spacial score (nSPS) is 9.95. The zero-order chi connectivity index (χ0) is 15.2. The summed E-state index contributed by atoms with van der Waals surface area (Å²) in [6, 6.07) is 13.8. The van der Waals surface area contributed by atoms with Crippen LogP contribution in [0.2, 0.25) is 0 Å². The van der Waals surface area contributed by atoms with Crippen LogP contribution >= 0.6 is 0 Å². The Balaban J connectivity index is 2.10. The lowest BCUT2D eigenvalue weighted by Gasteiger charge is -2.09. The standard InChI is InChI=1S/C15H15N3O3/c1-11(19)17-14-7-4-6-13(9-14)16-10-12-5-2-3-8-15(12)18(20)21/h2-9,16H,10H2,1H3,(H,17,19). The van der Waals surface area contributed by atoms with Gasteiger partial charge in [-0.1, -0.05) is 24.3 Å². The summed E-state index contributed by atoms with van der Waals surface area (Å²) in [5.41, 5.74) is 2.14. The number of nitrogens with one attached hydrogen (secondary N) is 2. The van der Waals surface area contributed by atoms with Crippen LogP contribution < -0.4 is 10.6 Å². The van der Waals surface area contributed by atoms with Gasteiger partial charge < -0.3 is 10.6 Å². The van der Waals surface area contributed by atoms with Crippen LogP contribution in [0.15, 0.2) is 48.5 Å². The van der Waals surface area contributed by atoms with Crippen molar-refractivity contribution in [1.29, 1.82) is 0 Å². The molecule has 0 heterocycles. The summed E-state index contributed by atoms with van der Waals surface area (Å²) in [4.78, 5) is 21.6. The van der Waals surface area contributed by atoms with Crippen molar-refractivity contribution >= 4 is 23.0 Å². The molecule has 2 aromatic rings. The van der Waals surface area contributed by atoms with Crippen molar-refractivity contribution in [2.24, 2.45) is 0 Å². The van der Waals surface area contributed by atoms with Crippen molar-refractivity contribution in [2.75, 3.05) is 10.6 Å². The number of nitrogens with zero attached hydrogens (tertiary/aromatic N) is 1. The Labute approximate surface area is 121 Å². The molecule has 0 atom stereocenters. The lowest BCUT2D eigenvalue weighted by molar-refractivity contribution is -0.385. The Morgan fingerprint density at radius 3 is 2.57 bits per heavy atom. The number of para-hydroxylation sites is 1. The summed E-state index contributed by atoms with van der Waals surface area (Å²) in [6.45, 7) is 1.77. The highest BCUT2D eigenvalue weighted by Crippen LogP contribution is 2.20. The van der Waals surface area contributed by atoms with Crippen molar-refractivity contribution in [3.63, 3.8) is 0 Å². The summed E-state index contributed by atoms with van der Waals surface area (Å²) in [5, 5.41) is 16.7. The molecule has 2 rings (SSSR count). The fraction of sp³-hybridized carbons (Fsp3) is 0.133. The molecule has 6 nitrogen and oxygen atoms in total.